The van der Waals surface area contributed by atoms with Gasteiger partial charge >= 0.3 is 29.6 Å². The van der Waals surface area contributed by atoms with Gasteiger partial charge in [0.1, 0.15) is 17.2 Å². The molecule has 1 unspecified atom stereocenters. The molecule has 0 fully saturated rings. The molecular weight excluding hydrogens is 613 g/mol. The van der Waals surface area contributed by atoms with Crippen molar-refractivity contribution < 1.29 is 56.5 Å². The average molecular weight is 648 g/mol. The largest absolute Gasteiger partial charge is 1.00 e. The van der Waals surface area contributed by atoms with Gasteiger partial charge in [0.05, 0.1) is 21.8 Å². The van der Waals surface area contributed by atoms with Crippen LogP contribution < -0.4 is 40.2 Å². The molecule has 0 aliphatic rings. The summed E-state index contributed by atoms with van der Waals surface area (Å²) in [5, 5.41) is 6.38. The van der Waals surface area contributed by atoms with E-state index in [1.807, 2.05) is 60.7 Å². The van der Waals surface area contributed by atoms with Gasteiger partial charge in [-0.15, -0.1) is 0 Å². The number of hydrogen-bond acceptors (Lipinski definition) is 7. The Labute approximate surface area is 290 Å². The smallest absolute Gasteiger partial charge is 0.748 e. The number of nitrogens with one attached hydrogen (secondary N) is 2. The molecule has 2 N–H and O–H groups in total. The molecule has 11 heteroatoms. The zero-order valence-corrected chi connectivity index (χ0v) is 29.1. The number of carbonyl (C=O) groups excluding carboxylic acids is 2. The summed E-state index contributed by atoms with van der Waals surface area (Å²) in [6, 6.07) is 28.0. The molecule has 0 saturated carbocycles. The van der Waals surface area contributed by atoms with E-state index in [-0.39, 0.29) is 47.4 Å². The van der Waals surface area contributed by atoms with Gasteiger partial charge in [0, 0.05) is 29.3 Å². The summed E-state index contributed by atoms with van der Waals surface area (Å²) >= 11 is 0. The number of furan rings is 1. The first kappa shape index (κ1) is 35.1. The summed E-state index contributed by atoms with van der Waals surface area (Å²) in [5.74, 6) is -0.872. The van der Waals surface area contributed by atoms with Crippen LogP contribution >= 0.6 is 0 Å². The van der Waals surface area contributed by atoms with Crippen molar-refractivity contribution in [2.24, 2.45) is 0 Å². The van der Waals surface area contributed by atoms with Crippen LogP contribution in [0.3, 0.4) is 0 Å². The number of aromatic nitrogens is 1. The van der Waals surface area contributed by atoms with E-state index in [0.29, 0.717) is 23.6 Å². The average Bonchev–Trinajstić information content (AvgIpc) is 3.44. The first-order chi connectivity index (χ1) is 21.4. The number of carbonyl (C=O) groups is 2. The maximum atomic E-state index is 13.7. The Kier molecular flexibility index (Phi) is 11.2. The fourth-order valence-electron chi connectivity index (χ4n) is 4.95. The molecule has 3 aromatic carbocycles. The van der Waals surface area contributed by atoms with Crippen molar-refractivity contribution in [3.05, 3.63) is 119 Å². The molecule has 2 amide bonds. The van der Waals surface area contributed by atoms with E-state index >= 15 is 0 Å². The summed E-state index contributed by atoms with van der Waals surface area (Å²) < 4.78 is 38.4. The Bertz CT molecular complexity index is 1880. The summed E-state index contributed by atoms with van der Waals surface area (Å²) in [4.78, 5) is 30.6. The third kappa shape index (κ3) is 9.14. The van der Waals surface area contributed by atoms with Crippen LogP contribution in [0, 0.1) is 0 Å². The number of nitrogens with zero attached hydrogens (tertiary/aromatic N) is 1. The van der Waals surface area contributed by atoms with E-state index in [1.54, 1.807) is 36.5 Å². The van der Waals surface area contributed by atoms with Gasteiger partial charge in [0.2, 0.25) is 5.91 Å². The molecule has 9 nitrogen and oxygen atoms in total. The van der Waals surface area contributed by atoms with E-state index in [1.165, 1.54) is 0 Å². The molecule has 0 saturated heterocycles. The summed E-state index contributed by atoms with van der Waals surface area (Å²) in [7, 11) is -4.42. The molecule has 5 aromatic rings. The van der Waals surface area contributed by atoms with Crippen molar-refractivity contribution in [1.29, 1.82) is 0 Å². The zero-order chi connectivity index (χ0) is 32.2. The molecule has 0 aliphatic heterocycles. The van der Waals surface area contributed by atoms with Gasteiger partial charge in [-0.05, 0) is 64.9 Å². The number of amides is 2. The Balaban J connectivity index is 0.00000480. The first-order valence-electron chi connectivity index (χ1n) is 14.5. The Hall–Kier alpha value is -3.80. The third-order valence-electron chi connectivity index (χ3n) is 7.51. The number of hydrogen-bond donors (Lipinski definition) is 2. The molecule has 232 valence electrons. The third-order valence-corrected chi connectivity index (χ3v) is 8.22. The summed E-state index contributed by atoms with van der Waals surface area (Å²) in [6.07, 6.45) is 2.02. The normalized spacial score (nSPS) is 12.3. The Morgan fingerprint density at radius 2 is 1.63 bits per heavy atom. The SMILES string of the molecule is CC(C)(C)c1ccc(C(Cc2ccc(C(=O)NCCS(=O)(=O)[O-])cc2)C(=O)Nc2ccc(-c3cc4ccccc4o3)cn2)cc1.[Na+]. The van der Waals surface area contributed by atoms with Crippen molar-refractivity contribution in [2.45, 2.75) is 38.5 Å². The maximum Gasteiger partial charge on any atom is 1.00 e. The molecule has 1 atom stereocenters. The van der Waals surface area contributed by atoms with Gasteiger partial charge in [0.15, 0.2) is 0 Å². The van der Waals surface area contributed by atoms with E-state index in [2.05, 4.69) is 36.4 Å². The molecule has 2 aromatic heterocycles. The zero-order valence-electron chi connectivity index (χ0n) is 26.2. The van der Waals surface area contributed by atoms with E-state index in [4.69, 9.17) is 4.42 Å². The summed E-state index contributed by atoms with van der Waals surface area (Å²) in [5.41, 5.74) is 4.64. The van der Waals surface area contributed by atoms with Gasteiger partial charge in [-0.2, -0.15) is 0 Å². The van der Waals surface area contributed by atoms with Gasteiger partial charge in [-0.25, -0.2) is 13.4 Å². The molecule has 2 heterocycles. The van der Waals surface area contributed by atoms with Gasteiger partial charge in [-0.3, -0.25) is 9.59 Å². The van der Waals surface area contributed by atoms with E-state index < -0.39 is 27.7 Å². The predicted molar refractivity (Wildman–Crippen MR) is 173 cm³/mol. The quantitative estimate of drug-likeness (QED) is 0.175. The van der Waals surface area contributed by atoms with Crippen molar-refractivity contribution in [2.75, 3.05) is 17.6 Å². The molecule has 0 radical (unpaired) electrons. The van der Waals surface area contributed by atoms with Crippen LogP contribution in [0.5, 0.6) is 0 Å². The van der Waals surface area contributed by atoms with Crippen LogP contribution in [0.1, 0.15) is 53.7 Å². The van der Waals surface area contributed by atoms with Crippen molar-refractivity contribution in [3.8, 4) is 11.3 Å². The number of fused-ring (bicyclic) bond motifs is 1. The minimum absolute atomic E-state index is 0. The fraction of sp³-hybridized carbons (Fsp3) is 0.229. The Morgan fingerprint density at radius 1 is 0.935 bits per heavy atom. The van der Waals surface area contributed by atoms with E-state index in [0.717, 1.165) is 33.2 Å². The number of pyridine rings is 1. The minimum Gasteiger partial charge on any atom is -0.748 e. The summed E-state index contributed by atoms with van der Waals surface area (Å²) in [6.45, 7) is 6.12. The number of benzene rings is 3. The monoisotopic (exact) mass is 647 g/mol. The minimum atomic E-state index is -4.42. The van der Waals surface area contributed by atoms with E-state index in [9.17, 15) is 22.6 Å². The van der Waals surface area contributed by atoms with Crippen LogP contribution in [0.2, 0.25) is 0 Å². The van der Waals surface area contributed by atoms with Crippen LogP contribution in [-0.2, 0) is 26.7 Å². The second-order valence-electron chi connectivity index (χ2n) is 11.9. The number of anilines is 1. The van der Waals surface area contributed by atoms with Crippen LogP contribution in [0.25, 0.3) is 22.3 Å². The van der Waals surface area contributed by atoms with Crippen LogP contribution in [0.4, 0.5) is 5.82 Å². The second kappa shape index (κ2) is 14.7. The van der Waals surface area contributed by atoms with Crippen molar-refractivity contribution in [1.82, 2.24) is 10.3 Å². The molecule has 46 heavy (non-hydrogen) atoms. The standard InChI is InChI=1S/C35H35N3O6S.Na/c1-35(2,3)28-15-12-24(13-16-28)29(20-23-8-10-25(11-9-23)33(39)36-18-19-45(41,42)43)34(40)38-32-17-14-27(22-37-32)31-21-26-6-4-5-7-30(26)44-31;/h4-17,21-22,29H,18-20H2,1-3H3,(H,36,39)(H,37,38,40)(H,41,42,43);/q;+1/p-1. The van der Waals surface area contributed by atoms with Gasteiger partial charge in [0.25, 0.3) is 5.91 Å². The topological polar surface area (TPSA) is 141 Å². The second-order valence-corrected chi connectivity index (χ2v) is 13.4. The maximum absolute atomic E-state index is 13.7. The first-order valence-corrected chi connectivity index (χ1v) is 16.1. The molecule has 5 rings (SSSR count). The van der Waals surface area contributed by atoms with Crippen molar-refractivity contribution in [3.63, 3.8) is 0 Å². The Morgan fingerprint density at radius 3 is 2.24 bits per heavy atom. The molecule has 0 aliphatic carbocycles. The van der Waals surface area contributed by atoms with Crippen LogP contribution in [0.15, 0.2) is 102 Å². The van der Waals surface area contributed by atoms with Crippen molar-refractivity contribution >= 4 is 38.7 Å². The van der Waals surface area contributed by atoms with Crippen LogP contribution in [-0.4, -0.2) is 42.1 Å². The molecular formula is C35H34N3NaO6S. The van der Waals surface area contributed by atoms with Gasteiger partial charge in [-0.1, -0.05) is 75.4 Å². The number of rotatable bonds is 10. The predicted octanol–water partition coefficient (Wildman–Crippen LogP) is 3.04. The molecule has 0 bridgehead atoms. The molecule has 0 spiro atoms. The fourth-order valence-corrected chi connectivity index (χ4v) is 5.30. The number of para-hydroxylation sites is 1. The van der Waals surface area contributed by atoms with Gasteiger partial charge < -0.3 is 19.6 Å².